The molecule has 1 aromatic rings. The van der Waals surface area contributed by atoms with Crippen molar-refractivity contribution in [3.63, 3.8) is 0 Å². The molecule has 1 saturated heterocycles. The maximum atomic E-state index is 5.55. The van der Waals surface area contributed by atoms with Crippen molar-refractivity contribution in [3.8, 4) is 0 Å². The highest BCUT2D eigenvalue weighted by Gasteiger charge is 2.24. The zero-order chi connectivity index (χ0) is 11.4. The molecule has 0 spiro atoms. The van der Waals surface area contributed by atoms with Crippen LogP contribution in [0.4, 0.5) is 0 Å². The molecule has 0 unspecified atom stereocenters. The Balaban J connectivity index is 2.05. The lowest BCUT2D eigenvalue weighted by molar-refractivity contribution is 0.0341. The summed E-state index contributed by atoms with van der Waals surface area (Å²) in [4.78, 5) is 0. The van der Waals surface area contributed by atoms with Gasteiger partial charge in [-0.25, -0.2) is 0 Å². The van der Waals surface area contributed by atoms with E-state index in [1.807, 2.05) is 7.11 Å². The summed E-state index contributed by atoms with van der Waals surface area (Å²) >= 11 is 0. The molecule has 1 heterocycles. The number of benzene rings is 1. The molecule has 0 saturated carbocycles. The maximum absolute atomic E-state index is 5.55. The van der Waals surface area contributed by atoms with Crippen LogP contribution in [0.3, 0.4) is 0 Å². The van der Waals surface area contributed by atoms with E-state index >= 15 is 0 Å². The molecule has 2 rings (SSSR count). The van der Waals surface area contributed by atoms with Crippen molar-refractivity contribution in [3.05, 3.63) is 35.4 Å². The molecule has 2 heteroatoms. The van der Waals surface area contributed by atoms with Crippen LogP contribution in [-0.4, -0.2) is 26.3 Å². The topological polar surface area (TPSA) is 21.3 Å². The molecule has 2 nitrogen and oxygen atoms in total. The summed E-state index contributed by atoms with van der Waals surface area (Å²) in [5, 5.41) is 3.39. The number of aryl methyl sites for hydroxylation is 1. The summed E-state index contributed by atoms with van der Waals surface area (Å²) in [5.41, 5.74) is 2.87. The average Bonchev–Trinajstić information content (AvgIpc) is 2.33. The maximum Gasteiger partial charge on any atom is 0.0727 e. The second-order valence-corrected chi connectivity index (χ2v) is 4.66. The van der Waals surface area contributed by atoms with Gasteiger partial charge in [0.2, 0.25) is 0 Å². The van der Waals surface area contributed by atoms with Crippen LogP contribution in [0.2, 0.25) is 0 Å². The molecule has 0 aromatic heterocycles. The molecule has 2 atom stereocenters. The van der Waals surface area contributed by atoms with Gasteiger partial charge in [0.15, 0.2) is 0 Å². The third-order valence-electron chi connectivity index (χ3n) is 3.61. The Morgan fingerprint density at radius 1 is 1.38 bits per heavy atom. The number of hydrogen-bond acceptors (Lipinski definition) is 2. The minimum Gasteiger partial charge on any atom is -0.380 e. The predicted molar refractivity (Wildman–Crippen MR) is 66.7 cm³/mol. The van der Waals surface area contributed by atoms with Gasteiger partial charge in [-0.2, -0.15) is 0 Å². The summed E-state index contributed by atoms with van der Waals surface area (Å²) in [7, 11) is 1.82. The molecule has 16 heavy (non-hydrogen) atoms. The van der Waals surface area contributed by atoms with Gasteiger partial charge in [0, 0.05) is 13.7 Å². The lowest BCUT2D eigenvalue weighted by Crippen LogP contribution is -2.42. The van der Waals surface area contributed by atoms with Gasteiger partial charge in [0.1, 0.15) is 0 Å². The van der Waals surface area contributed by atoms with E-state index in [2.05, 4.69) is 36.5 Å². The van der Waals surface area contributed by atoms with Gasteiger partial charge < -0.3 is 10.1 Å². The normalized spacial score (nSPS) is 25.6. The van der Waals surface area contributed by atoms with Gasteiger partial charge in [0.25, 0.3) is 0 Å². The number of nitrogens with one attached hydrogen (secondary N) is 1. The van der Waals surface area contributed by atoms with Crippen molar-refractivity contribution >= 4 is 0 Å². The lowest BCUT2D eigenvalue weighted by Gasteiger charge is -2.31. The fourth-order valence-electron chi connectivity index (χ4n) is 2.52. The van der Waals surface area contributed by atoms with Crippen LogP contribution in [0, 0.1) is 12.8 Å². The average molecular weight is 219 g/mol. The summed E-state index contributed by atoms with van der Waals surface area (Å²) in [6.07, 6.45) is 2.73. The third-order valence-corrected chi connectivity index (χ3v) is 3.61. The van der Waals surface area contributed by atoms with Crippen molar-refractivity contribution in [1.82, 2.24) is 5.32 Å². The first-order chi connectivity index (χ1) is 7.81. The summed E-state index contributed by atoms with van der Waals surface area (Å²) < 4.78 is 5.55. The van der Waals surface area contributed by atoms with Crippen LogP contribution in [0.25, 0.3) is 0 Å². The zero-order valence-electron chi connectivity index (χ0n) is 10.2. The largest absolute Gasteiger partial charge is 0.380 e. The molecular weight excluding hydrogens is 198 g/mol. The fourth-order valence-corrected chi connectivity index (χ4v) is 2.52. The highest BCUT2D eigenvalue weighted by Crippen LogP contribution is 2.22. The number of rotatable bonds is 3. The van der Waals surface area contributed by atoms with Crippen LogP contribution < -0.4 is 5.32 Å². The van der Waals surface area contributed by atoms with Gasteiger partial charge in [-0.15, -0.1) is 0 Å². The number of methoxy groups -OCH3 is 1. The number of hydrogen-bond donors (Lipinski definition) is 1. The van der Waals surface area contributed by atoms with Crippen molar-refractivity contribution in [2.24, 2.45) is 5.92 Å². The predicted octanol–water partition coefficient (Wildman–Crippen LogP) is 2.16. The second-order valence-electron chi connectivity index (χ2n) is 4.66. The minimum absolute atomic E-state index is 0.369. The molecule has 0 aliphatic carbocycles. The van der Waals surface area contributed by atoms with Gasteiger partial charge in [0.05, 0.1) is 6.10 Å². The fraction of sp³-hybridized carbons (Fsp3) is 0.571. The molecule has 1 aliphatic heterocycles. The Hall–Kier alpha value is -0.860. The minimum atomic E-state index is 0.369. The molecule has 1 fully saturated rings. The zero-order valence-corrected chi connectivity index (χ0v) is 10.2. The standard InChI is InChI=1S/C14H21NO/c1-11-5-3-4-6-12(11)9-13-7-8-15-10-14(13)16-2/h3-6,13-15H,7-10H2,1-2H3/t13-,14-/m1/s1. The van der Waals surface area contributed by atoms with E-state index < -0.39 is 0 Å². The Kier molecular flexibility index (Phi) is 3.97. The monoisotopic (exact) mass is 219 g/mol. The van der Waals surface area contributed by atoms with Crippen LogP contribution in [0.15, 0.2) is 24.3 Å². The van der Waals surface area contributed by atoms with Gasteiger partial charge in [-0.1, -0.05) is 24.3 Å². The van der Waals surface area contributed by atoms with Crippen LogP contribution in [0.1, 0.15) is 17.5 Å². The van der Waals surface area contributed by atoms with Crippen LogP contribution in [-0.2, 0) is 11.2 Å². The van der Waals surface area contributed by atoms with Gasteiger partial charge >= 0.3 is 0 Å². The highest BCUT2D eigenvalue weighted by molar-refractivity contribution is 5.26. The van der Waals surface area contributed by atoms with Gasteiger partial charge in [-0.05, 0) is 43.4 Å². The molecule has 88 valence electrons. The van der Waals surface area contributed by atoms with Crippen LogP contribution >= 0.6 is 0 Å². The first-order valence-electron chi connectivity index (χ1n) is 6.09. The van der Waals surface area contributed by atoms with E-state index in [0.29, 0.717) is 12.0 Å². The third kappa shape index (κ3) is 2.63. The number of ether oxygens (including phenoxy) is 1. The summed E-state index contributed by atoms with van der Waals surface area (Å²) in [5.74, 6) is 0.660. The van der Waals surface area contributed by atoms with Crippen molar-refractivity contribution in [1.29, 1.82) is 0 Å². The summed E-state index contributed by atoms with van der Waals surface area (Å²) in [6.45, 7) is 4.31. The van der Waals surface area contributed by atoms with Gasteiger partial charge in [-0.3, -0.25) is 0 Å². The molecular formula is C14H21NO. The Labute approximate surface area is 98.0 Å². The second kappa shape index (κ2) is 5.46. The quantitative estimate of drug-likeness (QED) is 0.841. The highest BCUT2D eigenvalue weighted by atomic mass is 16.5. The van der Waals surface area contributed by atoms with E-state index in [1.165, 1.54) is 17.5 Å². The Bertz CT molecular complexity index is 337. The molecule has 1 aliphatic rings. The first-order valence-corrected chi connectivity index (χ1v) is 6.09. The van der Waals surface area contributed by atoms with E-state index in [1.54, 1.807) is 0 Å². The van der Waals surface area contributed by atoms with E-state index in [4.69, 9.17) is 4.74 Å². The van der Waals surface area contributed by atoms with Crippen molar-refractivity contribution in [2.45, 2.75) is 25.9 Å². The Morgan fingerprint density at radius 2 is 2.19 bits per heavy atom. The first kappa shape index (κ1) is 11.6. The summed E-state index contributed by atoms with van der Waals surface area (Å²) in [6, 6.07) is 8.67. The molecule has 0 amide bonds. The SMILES string of the molecule is CO[C@@H]1CNCC[C@@H]1Cc1ccccc1C. The Morgan fingerprint density at radius 3 is 2.94 bits per heavy atom. The van der Waals surface area contributed by atoms with E-state index in [0.717, 1.165) is 19.5 Å². The number of piperidine rings is 1. The molecule has 0 radical (unpaired) electrons. The smallest absolute Gasteiger partial charge is 0.0727 e. The molecule has 1 aromatic carbocycles. The lowest BCUT2D eigenvalue weighted by atomic mass is 9.87. The van der Waals surface area contributed by atoms with E-state index in [-0.39, 0.29) is 0 Å². The van der Waals surface area contributed by atoms with Crippen molar-refractivity contribution < 1.29 is 4.74 Å². The molecule has 1 N–H and O–H groups in total. The molecule has 0 bridgehead atoms. The van der Waals surface area contributed by atoms with Crippen LogP contribution in [0.5, 0.6) is 0 Å². The van der Waals surface area contributed by atoms with E-state index in [9.17, 15) is 0 Å². The van der Waals surface area contributed by atoms with Crippen molar-refractivity contribution in [2.75, 3.05) is 20.2 Å².